The average molecular weight is 348 g/mol. The normalized spacial score (nSPS) is 18.1. The van der Waals surface area contributed by atoms with E-state index in [1.165, 1.54) is 18.5 Å². The Bertz CT molecular complexity index is 784. The minimum atomic E-state index is -4.39. The maximum absolute atomic E-state index is 12.6. The largest absolute Gasteiger partial charge is 0.417 e. The van der Waals surface area contributed by atoms with Crippen molar-refractivity contribution in [1.29, 1.82) is 5.26 Å². The molecule has 2 aromatic heterocycles. The van der Waals surface area contributed by atoms with Gasteiger partial charge < -0.3 is 9.80 Å². The summed E-state index contributed by atoms with van der Waals surface area (Å²) >= 11 is 0. The van der Waals surface area contributed by atoms with E-state index in [9.17, 15) is 13.2 Å². The van der Waals surface area contributed by atoms with Gasteiger partial charge in [0.25, 0.3) is 0 Å². The zero-order valence-electron chi connectivity index (χ0n) is 13.4. The number of nitrogens with zero attached hydrogens (tertiary/aromatic N) is 6. The molecule has 0 radical (unpaired) electrons. The molecule has 130 valence electrons. The number of nitriles is 1. The molecule has 0 amide bonds. The van der Waals surface area contributed by atoms with Crippen molar-refractivity contribution >= 4 is 11.6 Å². The molecule has 0 unspecified atom stereocenters. The lowest BCUT2D eigenvalue weighted by Gasteiger charge is -2.41. The van der Waals surface area contributed by atoms with Gasteiger partial charge in [0.2, 0.25) is 0 Å². The van der Waals surface area contributed by atoms with Crippen molar-refractivity contribution in [2.45, 2.75) is 19.1 Å². The summed E-state index contributed by atoms with van der Waals surface area (Å²) in [7, 11) is 0. The van der Waals surface area contributed by atoms with Crippen LogP contribution in [-0.4, -0.2) is 40.6 Å². The number of hydrogen-bond donors (Lipinski definition) is 0. The van der Waals surface area contributed by atoms with Gasteiger partial charge in [-0.2, -0.15) is 18.4 Å². The molecule has 0 saturated carbocycles. The van der Waals surface area contributed by atoms with Crippen LogP contribution in [0.2, 0.25) is 0 Å². The van der Waals surface area contributed by atoms with E-state index in [0.29, 0.717) is 31.3 Å². The molecule has 0 aliphatic carbocycles. The fraction of sp³-hybridized carbons (Fsp3) is 0.375. The maximum atomic E-state index is 12.6. The van der Waals surface area contributed by atoms with Crippen LogP contribution in [0.1, 0.15) is 18.2 Å². The summed E-state index contributed by atoms with van der Waals surface area (Å²) in [5.74, 6) is 1.02. The van der Waals surface area contributed by atoms with Crippen molar-refractivity contribution < 1.29 is 13.2 Å². The van der Waals surface area contributed by atoms with Crippen molar-refractivity contribution in [2.75, 3.05) is 29.4 Å². The first-order valence-electron chi connectivity index (χ1n) is 7.66. The minimum Gasteiger partial charge on any atom is -0.350 e. The smallest absolute Gasteiger partial charge is 0.350 e. The van der Waals surface area contributed by atoms with Crippen molar-refractivity contribution in [1.82, 2.24) is 15.0 Å². The van der Waals surface area contributed by atoms with Crippen LogP contribution in [0.15, 0.2) is 30.7 Å². The Labute approximate surface area is 142 Å². The van der Waals surface area contributed by atoms with Crippen LogP contribution in [0.4, 0.5) is 24.8 Å². The number of halogens is 3. The Balaban J connectivity index is 1.75. The van der Waals surface area contributed by atoms with E-state index in [1.54, 1.807) is 0 Å². The van der Waals surface area contributed by atoms with Crippen LogP contribution in [0.5, 0.6) is 0 Å². The molecule has 0 spiro atoms. The van der Waals surface area contributed by atoms with Crippen LogP contribution in [0.3, 0.4) is 0 Å². The fourth-order valence-electron chi connectivity index (χ4n) is 2.85. The topological polar surface area (TPSA) is 68.9 Å². The SMILES string of the molecule is C[C@H]1CN(c2nccnc2C#N)CCN1c1ccc(C(F)(F)F)cn1. The fourth-order valence-corrected chi connectivity index (χ4v) is 2.85. The Morgan fingerprint density at radius 2 is 1.92 bits per heavy atom. The highest BCUT2D eigenvalue weighted by molar-refractivity contribution is 5.52. The van der Waals surface area contributed by atoms with Crippen LogP contribution >= 0.6 is 0 Å². The monoisotopic (exact) mass is 348 g/mol. The van der Waals surface area contributed by atoms with E-state index in [-0.39, 0.29) is 11.7 Å². The van der Waals surface area contributed by atoms with Gasteiger partial charge in [-0.15, -0.1) is 0 Å². The molecule has 1 aliphatic rings. The lowest BCUT2D eigenvalue weighted by Crippen LogP contribution is -2.53. The molecule has 1 aliphatic heterocycles. The quantitative estimate of drug-likeness (QED) is 0.830. The Morgan fingerprint density at radius 1 is 1.16 bits per heavy atom. The number of anilines is 2. The summed E-state index contributed by atoms with van der Waals surface area (Å²) in [5.41, 5.74) is -0.503. The van der Waals surface area contributed by atoms with Gasteiger partial charge in [0.1, 0.15) is 11.9 Å². The number of hydrogen-bond acceptors (Lipinski definition) is 6. The molecule has 3 heterocycles. The Morgan fingerprint density at radius 3 is 2.52 bits per heavy atom. The van der Waals surface area contributed by atoms with Gasteiger partial charge in [0.15, 0.2) is 11.5 Å². The van der Waals surface area contributed by atoms with E-state index < -0.39 is 11.7 Å². The van der Waals surface area contributed by atoms with Gasteiger partial charge in [-0.1, -0.05) is 0 Å². The molecule has 25 heavy (non-hydrogen) atoms. The van der Waals surface area contributed by atoms with Gasteiger partial charge in [-0.05, 0) is 19.1 Å². The van der Waals surface area contributed by atoms with Crippen LogP contribution in [0.25, 0.3) is 0 Å². The molecule has 0 N–H and O–H groups in total. The van der Waals surface area contributed by atoms with Gasteiger partial charge in [-0.3, -0.25) is 0 Å². The molecule has 1 saturated heterocycles. The van der Waals surface area contributed by atoms with Crippen molar-refractivity contribution in [2.24, 2.45) is 0 Å². The molecule has 6 nitrogen and oxygen atoms in total. The Kier molecular flexibility index (Phi) is 4.44. The summed E-state index contributed by atoms with van der Waals surface area (Å²) in [6.45, 7) is 3.64. The van der Waals surface area contributed by atoms with E-state index in [1.807, 2.05) is 22.8 Å². The summed E-state index contributed by atoms with van der Waals surface area (Å²) < 4.78 is 37.9. The zero-order valence-corrected chi connectivity index (χ0v) is 13.4. The molecule has 1 atom stereocenters. The Hall–Kier alpha value is -2.89. The summed E-state index contributed by atoms with van der Waals surface area (Å²) in [6.07, 6.45) is -0.543. The van der Waals surface area contributed by atoms with E-state index >= 15 is 0 Å². The average Bonchev–Trinajstić information content (AvgIpc) is 2.61. The van der Waals surface area contributed by atoms with Gasteiger partial charge in [0.05, 0.1) is 5.56 Å². The second-order valence-corrected chi connectivity index (χ2v) is 5.73. The summed E-state index contributed by atoms with van der Waals surface area (Å²) in [4.78, 5) is 16.1. The van der Waals surface area contributed by atoms with Crippen molar-refractivity contribution in [3.05, 3.63) is 42.0 Å². The molecule has 0 aromatic carbocycles. The highest BCUT2D eigenvalue weighted by Crippen LogP contribution is 2.30. The number of rotatable bonds is 2. The standard InChI is InChI=1S/C16H15F3N6/c1-11-10-24(15-13(8-20)21-4-5-22-15)6-7-25(11)14-3-2-12(9-23-14)16(17,18)19/h2-5,9,11H,6-7,10H2,1H3/t11-/m0/s1. The van der Waals surface area contributed by atoms with Crippen LogP contribution in [0, 0.1) is 11.3 Å². The van der Waals surface area contributed by atoms with Crippen LogP contribution < -0.4 is 9.80 Å². The molecular weight excluding hydrogens is 333 g/mol. The molecule has 3 rings (SSSR count). The number of alkyl halides is 3. The maximum Gasteiger partial charge on any atom is 0.417 e. The number of pyridine rings is 1. The first-order valence-corrected chi connectivity index (χ1v) is 7.66. The van der Waals surface area contributed by atoms with Gasteiger partial charge in [0, 0.05) is 44.3 Å². The first kappa shape index (κ1) is 17.0. The third kappa shape index (κ3) is 3.47. The lowest BCUT2D eigenvalue weighted by atomic mass is 10.1. The van der Waals surface area contributed by atoms with Crippen molar-refractivity contribution in [3.8, 4) is 6.07 Å². The highest BCUT2D eigenvalue weighted by atomic mass is 19.4. The third-order valence-corrected chi connectivity index (χ3v) is 4.08. The molecule has 1 fully saturated rings. The summed E-state index contributed by atoms with van der Waals surface area (Å²) in [5, 5.41) is 9.15. The molecule has 0 bridgehead atoms. The zero-order chi connectivity index (χ0) is 18.0. The van der Waals surface area contributed by atoms with Gasteiger partial charge in [-0.25, -0.2) is 15.0 Å². The van der Waals surface area contributed by atoms with Crippen LogP contribution in [-0.2, 0) is 6.18 Å². The number of piperazine rings is 1. The first-order chi connectivity index (χ1) is 11.9. The summed E-state index contributed by atoms with van der Waals surface area (Å²) in [6, 6.07) is 4.44. The molecule has 9 heteroatoms. The third-order valence-electron chi connectivity index (χ3n) is 4.08. The highest BCUT2D eigenvalue weighted by Gasteiger charge is 2.32. The van der Waals surface area contributed by atoms with E-state index in [4.69, 9.17) is 5.26 Å². The second kappa shape index (κ2) is 6.55. The predicted molar refractivity (Wildman–Crippen MR) is 85.0 cm³/mol. The second-order valence-electron chi connectivity index (χ2n) is 5.73. The van der Waals surface area contributed by atoms with Gasteiger partial charge >= 0.3 is 6.18 Å². The minimum absolute atomic E-state index is 0.00784. The molecule has 2 aromatic rings. The molecular formula is C16H15F3N6. The predicted octanol–water partition coefficient (Wildman–Crippen LogP) is 2.48. The van der Waals surface area contributed by atoms with E-state index in [2.05, 4.69) is 15.0 Å². The number of aromatic nitrogens is 3. The van der Waals surface area contributed by atoms with E-state index in [0.717, 1.165) is 12.3 Å². The lowest BCUT2D eigenvalue weighted by molar-refractivity contribution is -0.137. The van der Waals surface area contributed by atoms with Crippen molar-refractivity contribution in [3.63, 3.8) is 0 Å².